The van der Waals surface area contributed by atoms with E-state index in [1.165, 1.54) is 0 Å². The predicted octanol–water partition coefficient (Wildman–Crippen LogP) is 2.50. The lowest BCUT2D eigenvalue weighted by molar-refractivity contribution is 0.416. The van der Waals surface area contributed by atoms with Crippen LogP contribution in [0.1, 0.15) is 5.56 Å². The van der Waals surface area contributed by atoms with Gasteiger partial charge in [-0.1, -0.05) is 11.6 Å². The number of rotatable bonds is 3. The number of nitrogens with one attached hydrogen (secondary N) is 1. The van der Waals surface area contributed by atoms with Crippen molar-refractivity contribution in [2.45, 2.75) is 6.92 Å². The molecular weight excluding hydrogens is 214 g/mol. The standard InChI is InChI=1S/C13H15N3O/c1-9-4-5-11(17-3)10(8-9)13-15-7-6-12(14-2)16-13/h4-8H,1-3H3,(H,14,15,16). The van der Waals surface area contributed by atoms with Crippen molar-refractivity contribution in [1.82, 2.24) is 9.97 Å². The average Bonchev–Trinajstić information content (AvgIpc) is 2.39. The Morgan fingerprint density at radius 2 is 2.06 bits per heavy atom. The summed E-state index contributed by atoms with van der Waals surface area (Å²) in [6, 6.07) is 7.78. The summed E-state index contributed by atoms with van der Waals surface area (Å²) in [4.78, 5) is 8.69. The molecule has 4 heteroatoms. The van der Waals surface area contributed by atoms with Gasteiger partial charge in [0.05, 0.1) is 12.7 Å². The van der Waals surface area contributed by atoms with Crippen molar-refractivity contribution in [3.05, 3.63) is 36.0 Å². The van der Waals surface area contributed by atoms with Gasteiger partial charge >= 0.3 is 0 Å². The summed E-state index contributed by atoms with van der Waals surface area (Å²) in [6.07, 6.45) is 1.73. The van der Waals surface area contributed by atoms with Crippen molar-refractivity contribution in [2.75, 3.05) is 19.5 Å². The minimum absolute atomic E-state index is 0.664. The molecule has 0 amide bonds. The number of nitrogens with zero attached hydrogens (tertiary/aromatic N) is 2. The lowest BCUT2D eigenvalue weighted by Crippen LogP contribution is -1.97. The molecule has 0 bridgehead atoms. The molecule has 0 saturated heterocycles. The molecule has 2 rings (SSSR count). The second kappa shape index (κ2) is 4.82. The highest BCUT2D eigenvalue weighted by Crippen LogP contribution is 2.28. The zero-order valence-electron chi connectivity index (χ0n) is 10.2. The van der Waals surface area contributed by atoms with Gasteiger partial charge in [0, 0.05) is 13.2 Å². The van der Waals surface area contributed by atoms with Gasteiger partial charge in [0.1, 0.15) is 11.6 Å². The zero-order chi connectivity index (χ0) is 12.3. The van der Waals surface area contributed by atoms with Crippen LogP contribution in [0.15, 0.2) is 30.5 Å². The van der Waals surface area contributed by atoms with Crippen LogP contribution < -0.4 is 10.1 Å². The summed E-state index contributed by atoms with van der Waals surface area (Å²) in [5, 5.41) is 3.00. The molecule has 2 aromatic rings. The number of ether oxygens (including phenoxy) is 1. The predicted molar refractivity (Wildman–Crippen MR) is 68.3 cm³/mol. The number of hydrogen-bond acceptors (Lipinski definition) is 4. The second-order valence-corrected chi connectivity index (χ2v) is 3.72. The summed E-state index contributed by atoms with van der Waals surface area (Å²) >= 11 is 0. The first-order valence-electron chi connectivity index (χ1n) is 5.40. The van der Waals surface area contributed by atoms with Gasteiger partial charge in [-0.15, -0.1) is 0 Å². The second-order valence-electron chi connectivity index (χ2n) is 3.72. The lowest BCUT2D eigenvalue weighted by atomic mass is 10.1. The van der Waals surface area contributed by atoms with Crippen molar-refractivity contribution in [1.29, 1.82) is 0 Å². The molecule has 17 heavy (non-hydrogen) atoms. The van der Waals surface area contributed by atoms with Crippen LogP contribution in [-0.2, 0) is 0 Å². The highest BCUT2D eigenvalue weighted by atomic mass is 16.5. The monoisotopic (exact) mass is 229 g/mol. The van der Waals surface area contributed by atoms with Gasteiger partial charge in [-0.05, 0) is 25.1 Å². The first kappa shape index (κ1) is 11.4. The molecule has 0 atom stereocenters. The van der Waals surface area contributed by atoms with Gasteiger partial charge in [0.25, 0.3) is 0 Å². The largest absolute Gasteiger partial charge is 0.496 e. The molecule has 0 spiro atoms. The number of aromatic nitrogens is 2. The molecule has 1 N–H and O–H groups in total. The van der Waals surface area contributed by atoms with Gasteiger partial charge in [-0.25, -0.2) is 9.97 Å². The number of benzene rings is 1. The molecule has 1 aromatic heterocycles. The first-order valence-corrected chi connectivity index (χ1v) is 5.40. The fourth-order valence-electron chi connectivity index (χ4n) is 1.62. The van der Waals surface area contributed by atoms with Gasteiger partial charge in [0.15, 0.2) is 5.82 Å². The van der Waals surface area contributed by atoms with E-state index < -0.39 is 0 Å². The number of hydrogen-bond donors (Lipinski definition) is 1. The summed E-state index contributed by atoms with van der Waals surface area (Å²) in [6.45, 7) is 2.03. The van der Waals surface area contributed by atoms with Crippen LogP contribution in [0, 0.1) is 6.92 Å². The molecule has 0 aliphatic heterocycles. The van der Waals surface area contributed by atoms with E-state index in [1.807, 2.05) is 38.2 Å². The lowest BCUT2D eigenvalue weighted by Gasteiger charge is -2.09. The Balaban J connectivity index is 2.54. The van der Waals surface area contributed by atoms with Gasteiger partial charge in [-0.2, -0.15) is 0 Å². The van der Waals surface area contributed by atoms with Gasteiger partial charge in [0.2, 0.25) is 0 Å². The highest BCUT2D eigenvalue weighted by molar-refractivity contribution is 5.66. The Morgan fingerprint density at radius 3 is 2.76 bits per heavy atom. The third kappa shape index (κ3) is 2.36. The quantitative estimate of drug-likeness (QED) is 0.878. The molecule has 0 saturated carbocycles. The smallest absolute Gasteiger partial charge is 0.165 e. The van der Waals surface area contributed by atoms with E-state index in [4.69, 9.17) is 4.74 Å². The Kier molecular flexibility index (Phi) is 3.23. The SMILES string of the molecule is CNc1ccnc(-c2cc(C)ccc2OC)n1. The van der Waals surface area contributed by atoms with Crippen molar-refractivity contribution >= 4 is 5.82 Å². The Hall–Kier alpha value is -2.10. The van der Waals surface area contributed by atoms with Gasteiger partial charge < -0.3 is 10.1 Å². The van der Waals surface area contributed by atoms with Crippen LogP contribution in [0.3, 0.4) is 0 Å². The Bertz CT molecular complexity index is 526. The molecule has 0 unspecified atom stereocenters. The molecule has 0 fully saturated rings. The van der Waals surface area contributed by atoms with Crippen molar-refractivity contribution < 1.29 is 4.74 Å². The van der Waals surface area contributed by atoms with E-state index >= 15 is 0 Å². The van der Waals surface area contributed by atoms with Crippen LogP contribution in [0.5, 0.6) is 5.75 Å². The van der Waals surface area contributed by atoms with Crippen LogP contribution in [0.4, 0.5) is 5.82 Å². The van der Waals surface area contributed by atoms with E-state index in [1.54, 1.807) is 13.3 Å². The minimum atomic E-state index is 0.664. The van der Waals surface area contributed by atoms with E-state index in [2.05, 4.69) is 15.3 Å². The van der Waals surface area contributed by atoms with Crippen LogP contribution in [-0.4, -0.2) is 24.1 Å². The molecule has 1 aromatic carbocycles. The fraction of sp³-hybridized carbons (Fsp3) is 0.231. The van der Waals surface area contributed by atoms with E-state index in [9.17, 15) is 0 Å². The summed E-state index contributed by atoms with van der Waals surface area (Å²) in [5.74, 6) is 2.24. The van der Waals surface area contributed by atoms with Crippen LogP contribution in [0.2, 0.25) is 0 Å². The normalized spacial score (nSPS) is 10.1. The van der Waals surface area contributed by atoms with Crippen LogP contribution in [0.25, 0.3) is 11.4 Å². The van der Waals surface area contributed by atoms with E-state index in [-0.39, 0.29) is 0 Å². The summed E-state index contributed by atoms with van der Waals surface area (Å²) in [7, 11) is 3.48. The number of aryl methyl sites for hydroxylation is 1. The molecule has 0 aliphatic carbocycles. The third-order valence-electron chi connectivity index (χ3n) is 2.51. The maximum Gasteiger partial charge on any atom is 0.165 e. The molecule has 4 nitrogen and oxygen atoms in total. The molecule has 0 radical (unpaired) electrons. The van der Waals surface area contributed by atoms with Crippen molar-refractivity contribution in [2.24, 2.45) is 0 Å². The average molecular weight is 229 g/mol. The van der Waals surface area contributed by atoms with Crippen molar-refractivity contribution in [3.63, 3.8) is 0 Å². The van der Waals surface area contributed by atoms with E-state index in [0.717, 1.165) is 22.7 Å². The first-order chi connectivity index (χ1) is 8.24. The van der Waals surface area contributed by atoms with Crippen molar-refractivity contribution in [3.8, 4) is 17.1 Å². The molecular formula is C13H15N3O. The number of methoxy groups -OCH3 is 1. The summed E-state index contributed by atoms with van der Waals surface area (Å²) in [5.41, 5.74) is 2.06. The topological polar surface area (TPSA) is 47.0 Å². The minimum Gasteiger partial charge on any atom is -0.496 e. The fourth-order valence-corrected chi connectivity index (χ4v) is 1.62. The third-order valence-corrected chi connectivity index (χ3v) is 2.51. The number of anilines is 1. The molecule has 88 valence electrons. The van der Waals surface area contributed by atoms with Gasteiger partial charge in [-0.3, -0.25) is 0 Å². The summed E-state index contributed by atoms with van der Waals surface area (Å²) < 4.78 is 5.33. The molecule has 1 heterocycles. The molecule has 0 aliphatic rings. The highest BCUT2D eigenvalue weighted by Gasteiger charge is 2.09. The zero-order valence-corrected chi connectivity index (χ0v) is 10.2. The maximum absolute atomic E-state index is 5.33. The Morgan fingerprint density at radius 1 is 1.24 bits per heavy atom. The maximum atomic E-state index is 5.33. The Labute approximate surface area is 101 Å². The van der Waals surface area contributed by atoms with E-state index in [0.29, 0.717) is 5.82 Å². The van der Waals surface area contributed by atoms with Crippen LogP contribution >= 0.6 is 0 Å².